The van der Waals surface area contributed by atoms with Gasteiger partial charge in [0.05, 0.1) is 12.1 Å². The van der Waals surface area contributed by atoms with Crippen LogP contribution in [0.15, 0.2) is 42.5 Å². The Labute approximate surface area is 194 Å². The zero-order chi connectivity index (χ0) is 22.8. The van der Waals surface area contributed by atoms with E-state index in [2.05, 4.69) is 33.7 Å². The number of benzene rings is 2. The molecule has 2 atom stereocenters. The van der Waals surface area contributed by atoms with E-state index in [1.807, 2.05) is 25.1 Å². The van der Waals surface area contributed by atoms with Gasteiger partial charge in [-0.3, -0.25) is 14.5 Å². The van der Waals surface area contributed by atoms with Crippen molar-refractivity contribution >= 4 is 17.5 Å². The molecule has 33 heavy (non-hydrogen) atoms. The number of nitrogens with one attached hydrogen (secondary N) is 2. The lowest BCUT2D eigenvalue weighted by molar-refractivity contribution is -0.127. The van der Waals surface area contributed by atoms with Crippen molar-refractivity contribution in [2.45, 2.75) is 51.1 Å². The zero-order valence-corrected chi connectivity index (χ0v) is 19.0. The van der Waals surface area contributed by atoms with Crippen LogP contribution in [-0.2, 0) is 16.0 Å². The maximum absolute atomic E-state index is 13.0. The summed E-state index contributed by atoms with van der Waals surface area (Å²) in [6.07, 6.45) is 4.64. The van der Waals surface area contributed by atoms with E-state index in [0.717, 1.165) is 45.2 Å². The quantitative estimate of drug-likeness (QED) is 0.729. The number of ether oxygens (including phenoxy) is 2. The first-order valence-electron chi connectivity index (χ1n) is 11.9. The van der Waals surface area contributed by atoms with Crippen LogP contribution in [0.25, 0.3) is 0 Å². The maximum Gasteiger partial charge on any atom is 0.237 e. The molecule has 174 valence electrons. The van der Waals surface area contributed by atoms with Gasteiger partial charge in [-0.2, -0.15) is 0 Å². The number of rotatable bonds is 5. The minimum Gasteiger partial charge on any atom is -0.454 e. The number of amides is 2. The second-order valence-corrected chi connectivity index (χ2v) is 9.20. The number of fused-ring (bicyclic) bond motifs is 2. The lowest BCUT2D eigenvalue weighted by atomic mass is 9.87. The second kappa shape index (κ2) is 9.43. The number of aryl methyl sites for hydroxylation is 1. The summed E-state index contributed by atoms with van der Waals surface area (Å²) in [5.41, 5.74) is 3.31. The van der Waals surface area contributed by atoms with Crippen LogP contribution in [0.1, 0.15) is 49.8 Å². The predicted molar refractivity (Wildman–Crippen MR) is 125 cm³/mol. The molecule has 0 unspecified atom stereocenters. The van der Waals surface area contributed by atoms with E-state index in [-0.39, 0.29) is 36.6 Å². The van der Waals surface area contributed by atoms with Gasteiger partial charge in [0.15, 0.2) is 11.5 Å². The van der Waals surface area contributed by atoms with E-state index in [1.165, 1.54) is 11.1 Å². The molecular formula is C26H31N3O4. The van der Waals surface area contributed by atoms with Crippen molar-refractivity contribution in [1.29, 1.82) is 0 Å². The summed E-state index contributed by atoms with van der Waals surface area (Å²) in [6, 6.07) is 13.7. The van der Waals surface area contributed by atoms with Crippen molar-refractivity contribution in [3.05, 3.63) is 53.6 Å². The molecule has 2 N–H and O–H groups in total. The SMILES string of the molecule is C[C@@H](C(=O)N[C@@H]1CCCc2ccccc21)N1CCC(C(=O)Nc2ccc3c(c2)OCO3)CC1. The molecule has 0 aromatic heterocycles. The van der Waals surface area contributed by atoms with E-state index < -0.39 is 0 Å². The van der Waals surface area contributed by atoms with Crippen molar-refractivity contribution in [2.24, 2.45) is 5.92 Å². The topological polar surface area (TPSA) is 79.9 Å². The van der Waals surface area contributed by atoms with Crippen LogP contribution in [0, 0.1) is 5.92 Å². The largest absolute Gasteiger partial charge is 0.454 e. The van der Waals surface area contributed by atoms with Crippen molar-refractivity contribution in [1.82, 2.24) is 10.2 Å². The Morgan fingerprint density at radius 2 is 1.82 bits per heavy atom. The number of anilines is 1. The number of hydrogen-bond donors (Lipinski definition) is 2. The molecule has 1 saturated heterocycles. The van der Waals surface area contributed by atoms with E-state index in [0.29, 0.717) is 17.2 Å². The molecule has 0 radical (unpaired) electrons. The number of likely N-dealkylation sites (tertiary alicyclic amines) is 1. The Hall–Kier alpha value is -3.06. The number of piperidine rings is 1. The molecular weight excluding hydrogens is 418 g/mol. The molecule has 0 spiro atoms. The molecule has 0 saturated carbocycles. The number of nitrogens with zero attached hydrogens (tertiary/aromatic N) is 1. The molecule has 5 rings (SSSR count). The van der Waals surface area contributed by atoms with E-state index in [9.17, 15) is 9.59 Å². The summed E-state index contributed by atoms with van der Waals surface area (Å²) >= 11 is 0. The average molecular weight is 450 g/mol. The van der Waals surface area contributed by atoms with Gasteiger partial charge in [-0.1, -0.05) is 24.3 Å². The van der Waals surface area contributed by atoms with Crippen LogP contribution in [-0.4, -0.2) is 42.6 Å². The van der Waals surface area contributed by atoms with Crippen LogP contribution < -0.4 is 20.1 Å². The molecule has 2 aromatic rings. The average Bonchev–Trinajstić information content (AvgIpc) is 3.32. The van der Waals surface area contributed by atoms with Gasteiger partial charge >= 0.3 is 0 Å². The summed E-state index contributed by atoms with van der Waals surface area (Å²) < 4.78 is 10.7. The van der Waals surface area contributed by atoms with E-state index >= 15 is 0 Å². The first kappa shape index (κ1) is 21.8. The fraction of sp³-hybridized carbons (Fsp3) is 0.462. The third-order valence-corrected chi connectivity index (χ3v) is 7.15. The molecule has 2 aliphatic heterocycles. The van der Waals surface area contributed by atoms with Crippen LogP contribution >= 0.6 is 0 Å². The number of carbonyl (C=O) groups excluding carboxylic acids is 2. The smallest absolute Gasteiger partial charge is 0.237 e. The van der Waals surface area contributed by atoms with Gasteiger partial charge < -0.3 is 20.1 Å². The summed E-state index contributed by atoms with van der Waals surface area (Å²) in [7, 11) is 0. The highest BCUT2D eigenvalue weighted by Crippen LogP contribution is 2.34. The molecule has 3 aliphatic rings. The minimum atomic E-state index is -0.211. The number of carbonyl (C=O) groups is 2. The molecule has 1 aliphatic carbocycles. The second-order valence-electron chi connectivity index (χ2n) is 9.20. The van der Waals surface area contributed by atoms with Crippen LogP contribution in [0.5, 0.6) is 11.5 Å². The molecule has 0 bridgehead atoms. The van der Waals surface area contributed by atoms with Gasteiger partial charge in [0.1, 0.15) is 0 Å². The normalized spacial score (nSPS) is 21.2. The molecule has 2 aromatic carbocycles. The first-order chi connectivity index (χ1) is 16.1. The fourth-order valence-electron chi connectivity index (χ4n) is 5.13. The number of hydrogen-bond acceptors (Lipinski definition) is 5. The predicted octanol–water partition coefficient (Wildman–Crippen LogP) is 3.65. The Kier molecular flexibility index (Phi) is 6.22. The molecule has 2 amide bonds. The van der Waals surface area contributed by atoms with Gasteiger partial charge in [-0.25, -0.2) is 0 Å². The Bertz CT molecular complexity index is 1030. The van der Waals surface area contributed by atoms with Gasteiger partial charge in [-0.15, -0.1) is 0 Å². The Balaban J connectivity index is 1.12. The summed E-state index contributed by atoms with van der Waals surface area (Å²) in [5, 5.41) is 6.28. The van der Waals surface area contributed by atoms with Gasteiger partial charge in [0.2, 0.25) is 18.6 Å². The highest BCUT2D eigenvalue weighted by molar-refractivity contribution is 5.93. The van der Waals surface area contributed by atoms with Crippen molar-refractivity contribution < 1.29 is 19.1 Å². The highest BCUT2D eigenvalue weighted by atomic mass is 16.7. The molecule has 7 nitrogen and oxygen atoms in total. The van der Waals surface area contributed by atoms with Gasteiger partial charge in [0.25, 0.3) is 0 Å². The maximum atomic E-state index is 13.0. The Morgan fingerprint density at radius 1 is 1.03 bits per heavy atom. The monoisotopic (exact) mass is 449 g/mol. The summed E-state index contributed by atoms with van der Waals surface area (Å²) in [4.78, 5) is 28.0. The van der Waals surface area contributed by atoms with Gasteiger partial charge in [0, 0.05) is 17.7 Å². The fourth-order valence-corrected chi connectivity index (χ4v) is 5.13. The Morgan fingerprint density at radius 3 is 2.67 bits per heavy atom. The summed E-state index contributed by atoms with van der Waals surface area (Å²) in [5.74, 6) is 1.38. The van der Waals surface area contributed by atoms with Crippen molar-refractivity contribution in [3.63, 3.8) is 0 Å². The molecule has 7 heteroatoms. The summed E-state index contributed by atoms with van der Waals surface area (Å²) in [6.45, 7) is 3.64. The van der Waals surface area contributed by atoms with Gasteiger partial charge in [-0.05, 0) is 75.4 Å². The highest BCUT2D eigenvalue weighted by Gasteiger charge is 2.31. The standard InChI is InChI=1S/C26H31N3O4/c1-17(25(30)28-22-8-4-6-18-5-2-3-7-21(18)22)29-13-11-19(12-14-29)26(31)27-20-9-10-23-24(15-20)33-16-32-23/h2-3,5,7,9-10,15,17,19,22H,4,6,8,11-14,16H2,1H3,(H,27,31)(H,28,30)/t17-,22+/m0/s1. The van der Waals surface area contributed by atoms with Crippen LogP contribution in [0.2, 0.25) is 0 Å². The molecule has 1 fully saturated rings. The third kappa shape index (κ3) is 4.69. The third-order valence-electron chi connectivity index (χ3n) is 7.15. The van der Waals surface area contributed by atoms with E-state index in [4.69, 9.17) is 9.47 Å². The molecule has 2 heterocycles. The van der Waals surface area contributed by atoms with E-state index in [1.54, 1.807) is 6.07 Å². The first-order valence-corrected chi connectivity index (χ1v) is 11.9. The minimum absolute atomic E-state index is 0.0180. The van der Waals surface area contributed by atoms with Crippen molar-refractivity contribution in [2.75, 3.05) is 25.2 Å². The van der Waals surface area contributed by atoms with Crippen LogP contribution in [0.3, 0.4) is 0 Å². The lowest BCUT2D eigenvalue weighted by Crippen LogP contribution is -2.50. The lowest BCUT2D eigenvalue weighted by Gasteiger charge is -2.36. The zero-order valence-electron chi connectivity index (χ0n) is 19.0. The van der Waals surface area contributed by atoms with Crippen LogP contribution in [0.4, 0.5) is 5.69 Å². The van der Waals surface area contributed by atoms with Crippen molar-refractivity contribution in [3.8, 4) is 11.5 Å².